The molecule has 0 aromatic carbocycles. The molecular formula is C14H18N2O. The van der Waals surface area contributed by atoms with Gasteiger partial charge in [0.05, 0.1) is 5.92 Å². The minimum atomic E-state index is -0.0471. The highest BCUT2D eigenvalue weighted by Gasteiger charge is 2.54. The summed E-state index contributed by atoms with van der Waals surface area (Å²) in [5, 5.41) is 0. The molecule has 1 aromatic heterocycles. The fraction of sp³-hybridized carbons (Fsp3) is 0.571. The highest BCUT2D eigenvalue weighted by Crippen LogP contribution is 2.50. The molecule has 90 valence electrons. The second-order valence-corrected chi connectivity index (χ2v) is 5.72. The molecular weight excluding hydrogens is 212 g/mol. The van der Waals surface area contributed by atoms with Crippen LogP contribution in [-0.4, -0.2) is 27.9 Å². The zero-order valence-electron chi connectivity index (χ0n) is 10.4. The third-order valence-electron chi connectivity index (χ3n) is 4.39. The van der Waals surface area contributed by atoms with Gasteiger partial charge in [-0.1, -0.05) is 0 Å². The number of nitrogens with zero attached hydrogens (tertiary/aromatic N) is 2. The van der Waals surface area contributed by atoms with Crippen LogP contribution >= 0.6 is 0 Å². The molecule has 0 radical (unpaired) electrons. The van der Waals surface area contributed by atoms with Crippen LogP contribution in [0, 0.1) is 5.92 Å². The summed E-state index contributed by atoms with van der Waals surface area (Å²) in [6.45, 7) is 5.18. The Hall–Kier alpha value is -1.38. The maximum absolute atomic E-state index is 12.5. The first-order chi connectivity index (χ1) is 8.10. The Morgan fingerprint density at radius 2 is 2.12 bits per heavy atom. The minimum Gasteiger partial charge on any atom is -0.336 e. The monoisotopic (exact) mass is 230 g/mol. The lowest BCUT2D eigenvalue weighted by Gasteiger charge is -2.39. The van der Waals surface area contributed by atoms with E-state index in [4.69, 9.17) is 0 Å². The lowest BCUT2D eigenvalue weighted by molar-refractivity contribution is -0.135. The Bertz CT molecular complexity index is 437. The van der Waals surface area contributed by atoms with E-state index in [0.29, 0.717) is 0 Å². The summed E-state index contributed by atoms with van der Waals surface area (Å²) >= 11 is 0. The zero-order valence-corrected chi connectivity index (χ0v) is 10.4. The van der Waals surface area contributed by atoms with Gasteiger partial charge in [0, 0.05) is 24.5 Å². The Kier molecular flexibility index (Phi) is 2.25. The smallest absolute Gasteiger partial charge is 0.230 e. The van der Waals surface area contributed by atoms with Crippen LogP contribution in [0.3, 0.4) is 0 Å². The molecule has 0 spiro atoms. The molecule has 17 heavy (non-hydrogen) atoms. The van der Waals surface area contributed by atoms with Crippen LogP contribution in [-0.2, 0) is 4.79 Å². The lowest BCUT2D eigenvalue weighted by atomic mass is 9.75. The molecule has 1 saturated carbocycles. The largest absolute Gasteiger partial charge is 0.336 e. The van der Waals surface area contributed by atoms with Crippen molar-refractivity contribution in [2.75, 3.05) is 6.54 Å². The number of carbonyl (C=O) groups is 1. The number of amides is 1. The summed E-state index contributed by atoms with van der Waals surface area (Å²) in [4.78, 5) is 18.6. The van der Waals surface area contributed by atoms with Crippen LogP contribution in [0.15, 0.2) is 24.5 Å². The van der Waals surface area contributed by atoms with E-state index in [-0.39, 0.29) is 17.4 Å². The zero-order chi connectivity index (χ0) is 12.0. The number of pyridine rings is 1. The molecule has 4 rings (SSSR count). The van der Waals surface area contributed by atoms with Crippen LogP contribution in [0.2, 0.25) is 0 Å². The fourth-order valence-corrected chi connectivity index (χ4v) is 3.40. The maximum Gasteiger partial charge on any atom is 0.230 e. The minimum absolute atomic E-state index is 0.0471. The van der Waals surface area contributed by atoms with Crippen LogP contribution in [0.5, 0.6) is 0 Å². The normalized spacial score (nSPS) is 32.1. The molecule has 3 fully saturated rings. The van der Waals surface area contributed by atoms with Crippen molar-refractivity contribution in [1.82, 2.24) is 9.88 Å². The van der Waals surface area contributed by atoms with E-state index in [1.807, 2.05) is 19.1 Å². The van der Waals surface area contributed by atoms with Gasteiger partial charge in [-0.3, -0.25) is 9.78 Å². The molecule has 3 aliphatic rings. The van der Waals surface area contributed by atoms with Gasteiger partial charge in [-0.15, -0.1) is 0 Å². The van der Waals surface area contributed by atoms with E-state index < -0.39 is 0 Å². The van der Waals surface area contributed by atoms with Crippen LogP contribution in [0.25, 0.3) is 0 Å². The molecule has 0 N–H and O–H groups in total. The number of rotatable bonds is 2. The number of hydrogen-bond donors (Lipinski definition) is 0. The van der Waals surface area contributed by atoms with Crippen molar-refractivity contribution in [3.8, 4) is 0 Å². The van der Waals surface area contributed by atoms with Crippen molar-refractivity contribution in [3.63, 3.8) is 0 Å². The van der Waals surface area contributed by atoms with Gasteiger partial charge < -0.3 is 4.90 Å². The van der Waals surface area contributed by atoms with Gasteiger partial charge in [0.1, 0.15) is 0 Å². The quantitative estimate of drug-likeness (QED) is 0.780. The summed E-state index contributed by atoms with van der Waals surface area (Å²) in [7, 11) is 0. The van der Waals surface area contributed by atoms with Crippen molar-refractivity contribution in [2.24, 2.45) is 5.92 Å². The van der Waals surface area contributed by atoms with E-state index in [0.717, 1.165) is 18.0 Å². The molecule has 1 aliphatic carbocycles. The van der Waals surface area contributed by atoms with Crippen molar-refractivity contribution in [2.45, 2.75) is 38.1 Å². The summed E-state index contributed by atoms with van der Waals surface area (Å²) in [6, 6.07) is 3.87. The molecule has 2 bridgehead atoms. The summed E-state index contributed by atoms with van der Waals surface area (Å²) in [5.74, 6) is 0.987. The van der Waals surface area contributed by atoms with Crippen molar-refractivity contribution >= 4 is 5.91 Å². The van der Waals surface area contributed by atoms with E-state index in [2.05, 4.69) is 16.8 Å². The van der Waals surface area contributed by atoms with Gasteiger partial charge in [0.25, 0.3) is 0 Å². The second-order valence-electron chi connectivity index (χ2n) is 5.72. The van der Waals surface area contributed by atoms with Crippen LogP contribution < -0.4 is 0 Å². The standard InChI is InChI=1S/C14H18N2O/c1-10(12-3-5-15-6-4-12)13(17)16-9-11-7-14(16,2)8-11/h3-6,10-11H,7-9H2,1-2H3. The van der Waals surface area contributed by atoms with Gasteiger partial charge in [0.15, 0.2) is 0 Å². The van der Waals surface area contributed by atoms with Crippen LogP contribution in [0.1, 0.15) is 38.2 Å². The predicted molar refractivity (Wildman–Crippen MR) is 65.5 cm³/mol. The second kappa shape index (κ2) is 3.56. The molecule has 3 heteroatoms. The highest BCUT2D eigenvalue weighted by molar-refractivity contribution is 5.84. The van der Waals surface area contributed by atoms with E-state index >= 15 is 0 Å². The Balaban J connectivity index is 1.79. The van der Waals surface area contributed by atoms with E-state index in [9.17, 15) is 4.79 Å². The van der Waals surface area contributed by atoms with E-state index in [1.54, 1.807) is 12.4 Å². The van der Waals surface area contributed by atoms with Crippen molar-refractivity contribution in [3.05, 3.63) is 30.1 Å². The first-order valence-electron chi connectivity index (χ1n) is 6.31. The molecule has 3 nitrogen and oxygen atoms in total. The van der Waals surface area contributed by atoms with Crippen molar-refractivity contribution in [1.29, 1.82) is 0 Å². The SMILES string of the molecule is CC(C(=O)N1CC2CC1(C)C2)c1ccncc1. The van der Waals surface area contributed by atoms with Crippen molar-refractivity contribution < 1.29 is 4.79 Å². The first-order valence-corrected chi connectivity index (χ1v) is 6.31. The molecule has 1 aromatic rings. The third kappa shape index (κ3) is 1.56. The molecule has 3 heterocycles. The Labute approximate surface area is 102 Å². The lowest BCUT2D eigenvalue weighted by Crippen LogP contribution is -2.46. The number of carbonyl (C=O) groups excluding carboxylic acids is 1. The summed E-state index contributed by atoms with van der Waals surface area (Å²) in [5.41, 5.74) is 1.22. The third-order valence-corrected chi connectivity index (χ3v) is 4.39. The van der Waals surface area contributed by atoms with Gasteiger partial charge in [0.2, 0.25) is 5.91 Å². The Morgan fingerprint density at radius 3 is 2.65 bits per heavy atom. The molecule has 2 saturated heterocycles. The number of hydrogen-bond acceptors (Lipinski definition) is 2. The summed E-state index contributed by atoms with van der Waals surface area (Å²) < 4.78 is 0. The molecule has 1 amide bonds. The molecule has 2 aliphatic heterocycles. The summed E-state index contributed by atoms with van der Waals surface area (Å²) in [6.07, 6.45) is 5.90. The van der Waals surface area contributed by atoms with Gasteiger partial charge in [-0.2, -0.15) is 0 Å². The van der Waals surface area contributed by atoms with E-state index in [1.165, 1.54) is 12.8 Å². The molecule has 1 atom stereocenters. The maximum atomic E-state index is 12.5. The number of aromatic nitrogens is 1. The van der Waals surface area contributed by atoms with Gasteiger partial charge in [-0.05, 0) is 50.3 Å². The topological polar surface area (TPSA) is 33.2 Å². The predicted octanol–water partition coefficient (Wildman–Crippen LogP) is 2.20. The van der Waals surface area contributed by atoms with Gasteiger partial charge >= 0.3 is 0 Å². The Morgan fingerprint density at radius 1 is 1.47 bits per heavy atom. The first kappa shape index (κ1) is 10.8. The molecule has 1 unspecified atom stereocenters. The average molecular weight is 230 g/mol. The van der Waals surface area contributed by atoms with Crippen LogP contribution in [0.4, 0.5) is 0 Å². The highest BCUT2D eigenvalue weighted by atomic mass is 16.2. The average Bonchev–Trinajstić information content (AvgIpc) is 2.81. The number of fused-ring (bicyclic) bond motifs is 1. The van der Waals surface area contributed by atoms with Gasteiger partial charge in [-0.25, -0.2) is 0 Å². The fourth-order valence-electron chi connectivity index (χ4n) is 3.40.